The van der Waals surface area contributed by atoms with Crippen LogP contribution in [0.25, 0.3) is 0 Å². The number of allylic oxidation sites excluding steroid dienone is 2. The van der Waals surface area contributed by atoms with E-state index < -0.39 is 0 Å². The van der Waals surface area contributed by atoms with Gasteiger partial charge in [-0.1, -0.05) is 37.6 Å². The maximum Gasteiger partial charge on any atom is 0.0783 e. The van der Waals surface area contributed by atoms with Gasteiger partial charge in [-0.25, -0.2) is 0 Å². The molecule has 0 saturated heterocycles. The lowest BCUT2D eigenvalue weighted by Gasteiger charge is -2.35. The van der Waals surface area contributed by atoms with Crippen molar-refractivity contribution in [3.05, 3.63) is 23.8 Å². The number of hydrogen-bond acceptors (Lipinski definition) is 1. The van der Waals surface area contributed by atoms with Gasteiger partial charge in [0.05, 0.1) is 6.10 Å². The van der Waals surface area contributed by atoms with E-state index in [4.69, 9.17) is 0 Å². The molecule has 2 atom stereocenters. The number of hydrogen-bond donors (Lipinski definition) is 1. The van der Waals surface area contributed by atoms with E-state index in [0.717, 1.165) is 12.8 Å². The highest BCUT2D eigenvalue weighted by atomic mass is 16.3. The van der Waals surface area contributed by atoms with E-state index in [1.54, 1.807) is 0 Å². The van der Waals surface area contributed by atoms with Crippen LogP contribution in [0.3, 0.4) is 0 Å². The van der Waals surface area contributed by atoms with E-state index in [1.165, 1.54) is 5.57 Å². The zero-order chi connectivity index (χ0) is 10.8. The minimum Gasteiger partial charge on any atom is -0.388 e. The Kier molecular flexibility index (Phi) is 3.54. The molecule has 1 aliphatic rings. The lowest BCUT2D eigenvalue weighted by atomic mass is 9.71. The van der Waals surface area contributed by atoms with Crippen LogP contribution in [0.2, 0.25) is 0 Å². The third-order valence-corrected chi connectivity index (χ3v) is 2.87. The summed E-state index contributed by atoms with van der Waals surface area (Å²) in [5.41, 5.74) is 1.75. The lowest BCUT2D eigenvalue weighted by molar-refractivity contribution is 0.131. The maximum atomic E-state index is 9.89. The van der Waals surface area contributed by atoms with E-state index in [0.29, 0.717) is 11.3 Å². The molecule has 1 nitrogen and oxygen atoms in total. The highest BCUT2D eigenvalue weighted by Gasteiger charge is 2.29. The highest BCUT2D eigenvalue weighted by Crippen LogP contribution is 2.39. The molecule has 0 aliphatic heterocycles. The minimum absolute atomic E-state index is 0.301. The van der Waals surface area contributed by atoms with Gasteiger partial charge in [-0.15, -0.1) is 0 Å². The van der Waals surface area contributed by atoms with Gasteiger partial charge in [-0.05, 0) is 32.1 Å². The van der Waals surface area contributed by atoms with E-state index in [1.807, 2.05) is 19.1 Å². The molecule has 1 N–H and O–H groups in total. The van der Waals surface area contributed by atoms with Crippen LogP contribution in [-0.2, 0) is 0 Å². The zero-order valence-corrected chi connectivity index (χ0v) is 9.75. The summed E-state index contributed by atoms with van der Waals surface area (Å²) in [6.07, 6.45) is 7.97. The van der Waals surface area contributed by atoms with Crippen molar-refractivity contribution >= 4 is 0 Å². The Morgan fingerprint density at radius 2 is 2.21 bits per heavy atom. The Morgan fingerprint density at radius 3 is 2.71 bits per heavy atom. The molecule has 0 heterocycles. The van der Waals surface area contributed by atoms with Crippen LogP contribution in [0.15, 0.2) is 23.8 Å². The third-order valence-electron chi connectivity index (χ3n) is 2.87. The fourth-order valence-corrected chi connectivity index (χ4v) is 2.51. The molecule has 0 aromatic carbocycles. The molecule has 0 aromatic rings. The summed E-state index contributed by atoms with van der Waals surface area (Å²) >= 11 is 0. The van der Waals surface area contributed by atoms with Crippen molar-refractivity contribution in [2.45, 2.75) is 46.6 Å². The van der Waals surface area contributed by atoms with Crippen LogP contribution < -0.4 is 0 Å². The molecule has 1 rings (SSSR count). The summed E-state index contributed by atoms with van der Waals surface area (Å²) < 4.78 is 0. The van der Waals surface area contributed by atoms with Gasteiger partial charge in [0.15, 0.2) is 0 Å². The second kappa shape index (κ2) is 4.31. The quantitative estimate of drug-likeness (QED) is 0.669. The molecule has 0 radical (unpaired) electrons. The number of aliphatic hydroxyl groups is 1. The summed E-state index contributed by atoms with van der Waals surface area (Å²) in [6, 6.07) is 0. The molecule has 1 heteroatoms. The molecule has 0 saturated carbocycles. The van der Waals surface area contributed by atoms with Gasteiger partial charge in [0, 0.05) is 5.92 Å². The summed E-state index contributed by atoms with van der Waals surface area (Å²) in [5.74, 6) is 0.301. The molecule has 1 aliphatic carbocycles. The van der Waals surface area contributed by atoms with Gasteiger partial charge in [-0.2, -0.15) is 0 Å². The molecule has 1 unspecified atom stereocenters. The average Bonchev–Trinajstić information content (AvgIpc) is 2.00. The summed E-state index contributed by atoms with van der Waals surface area (Å²) in [5, 5.41) is 9.89. The van der Waals surface area contributed by atoms with E-state index in [-0.39, 0.29) is 6.10 Å². The van der Waals surface area contributed by atoms with Crippen LogP contribution in [0.1, 0.15) is 40.5 Å². The molecule has 0 bridgehead atoms. The van der Waals surface area contributed by atoms with Gasteiger partial charge < -0.3 is 5.11 Å². The van der Waals surface area contributed by atoms with Crippen molar-refractivity contribution in [1.82, 2.24) is 0 Å². The Labute approximate surface area is 87.5 Å². The predicted molar refractivity (Wildman–Crippen MR) is 61.1 cm³/mol. The Bertz CT molecular complexity index is 248. The Balaban J connectivity index is 2.75. The molecule has 0 amide bonds. The minimum atomic E-state index is -0.311. The molecule has 14 heavy (non-hydrogen) atoms. The molecule has 0 spiro atoms. The fourth-order valence-electron chi connectivity index (χ4n) is 2.51. The largest absolute Gasteiger partial charge is 0.388 e. The molecular formula is C13H22O. The fraction of sp³-hybridized carbons (Fsp3) is 0.692. The van der Waals surface area contributed by atoms with Gasteiger partial charge in [0.25, 0.3) is 0 Å². The zero-order valence-electron chi connectivity index (χ0n) is 9.75. The van der Waals surface area contributed by atoms with Gasteiger partial charge in [-0.3, -0.25) is 0 Å². The Morgan fingerprint density at radius 1 is 1.57 bits per heavy atom. The average molecular weight is 194 g/mol. The van der Waals surface area contributed by atoms with Crippen molar-refractivity contribution in [2.75, 3.05) is 0 Å². The summed E-state index contributed by atoms with van der Waals surface area (Å²) in [6.45, 7) is 8.67. The first kappa shape index (κ1) is 11.5. The molecule has 80 valence electrons. The van der Waals surface area contributed by atoms with Crippen molar-refractivity contribution in [2.24, 2.45) is 11.3 Å². The second-order valence-corrected chi connectivity index (χ2v) is 5.24. The first-order valence-electron chi connectivity index (χ1n) is 5.43. The monoisotopic (exact) mass is 194 g/mol. The van der Waals surface area contributed by atoms with Crippen molar-refractivity contribution < 1.29 is 5.11 Å². The summed E-state index contributed by atoms with van der Waals surface area (Å²) in [4.78, 5) is 0. The van der Waals surface area contributed by atoms with E-state index >= 15 is 0 Å². The topological polar surface area (TPSA) is 20.2 Å². The SMILES string of the molecule is C/C=C\C(O)[C@@H]1C=C(C)CC(C)(C)C1. The first-order valence-corrected chi connectivity index (χ1v) is 5.43. The number of rotatable bonds is 2. The van der Waals surface area contributed by atoms with E-state index in [9.17, 15) is 5.11 Å². The van der Waals surface area contributed by atoms with Crippen LogP contribution in [0.5, 0.6) is 0 Å². The summed E-state index contributed by atoms with van der Waals surface area (Å²) in [7, 11) is 0. The van der Waals surface area contributed by atoms with E-state index in [2.05, 4.69) is 26.8 Å². The normalized spacial score (nSPS) is 28.9. The van der Waals surface area contributed by atoms with Crippen LogP contribution in [0.4, 0.5) is 0 Å². The first-order chi connectivity index (χ1) is 6.44. The smallest absolute Gasteiger partial charge is 0.0783 e. The highest BCUT2D eigenvalue weighted by molar-refractivity contribution is 5.13. The van der Waals surface area contributed by atoms with Gasteiger partial charge in [0.2, 0.25) is 0 Å². The lowest BCUT2D eigenvalue weighted by Crippen LogP contribution is -2.28. The molecule has 0 aromatic heterocycles. The van der Waals surface area contributed by atoms with Crippen LogP contribution in [0, 0.1) is 11.3 Å². The Hall–Kier alpha value is -0.560. The predicted octanol–water partition coefficient (Wildman–Crippen LogP) is 3.31. The second-order valence-electron chi connectivity index (χ2n) is 5.24. The van der Waals surface area contributed by atoms with Gasteiger partial charge >= 0.3 is 0 Å². The van der Waals surface area contributed by atoms with Crippen molar-refractivity contribution in [1.29, 1.82) is 0 Å². The van der Waals surface area contributed by atoms with Crippen LogP contribution >= 0.6 is 0 Å². The molecule has 0 fully saturated rings. The standard InChI is InChI=1S/C13H22O/c1-5-6-12(14)11-7-10(2)8-13(3,4)9-11/h5-7,11-12,14H,8-9H2,1-4H3/b6-5-/t11-,12?/m1/s1. The third kappa shape index (κ3) is 2.98. The molecular weight excluding hydrogens is 172 g/mol. The van der Waals surface area contributed by atoms with Crippen molar-refractivity contribution in [3.8, 4) is 0 Å². The van der Waals surface area contributed by atoms with Gasteiger partial charge in [0.1, 0.15) is 0 Å². The maximum absolute atomic E-state index is 9.89. The van der Waals surface area contributed by atoms with Crippen LogP contribution in [-0.4, -0.2) is 11.2 Å². The van der Waals surface area contributed by atoms with Crippen molar-refractivity contribution in [3.63, 3.8) is 0 Å². The number of aliphatic hydroxyl groups excluding tert-OH is 1.